The second kappa shape index (κ2) is 6.45. The van der Waals surface area contributed by atoms with Gasteiger partial charge in [0.1, 0.15) is 0 Å². The first-order valence-corrected chi connectivity index (χ1v) is 8.63. The van der Waals surface area contributed by atoms with Gasteiger partial charge in [0.25, 0.3) is 0 Å². The monoisotopic (exact) mass is 402 g/mol. The molecule has 3 aromatic rings. The number of hydrogen-bond acceptors (Lipinski definition) is 5. The van der Waals surface area contributed by atoms with Gasteiger partial charge in [-0.25, -0.2) is 14.5 Å². The second-order valence-electron chi connectivity index (χ2n) is 5.71. The van der Waals surface area contributed by atoms with Gasteiger partial charge in [0.2, 0.25) is 0 Å². The zero-order chi connectivity index (χ0) is 17.4. The topological polar surface area (TPSA) is 80.5 Å². The number of aromatic carboxylic acids is 1. The summed E-state index contributed by atoms with van der Waals surface area (Å²) in [5, 5.41) is 14.6. The van der Waals surface area contributed by atoms with Crippen LogP contribution in [0, 0.1) is 0 Å². The smallest absolute Gasteiger partial charge is 0.355 e. The van der Waals surface area contributed by atoms with Crippen LogP contribution >= 0.6 is 15.9 Å². The zero-order valence-electron chi connectivity index (χ0n) is 13.2. The highest BCUT2D eigenvalue weighted by Crippen LogP contribution is 2.28. The summed E-state index contributed by atoms with van der Waals surface area (Å²) in [7, 11) is 0. The summed E-state index contributed by atoms with van der Waals surface area (Å²) in [5.74, 6) is -1.04. The van der Waals surface area contributed by atoms with Gasteiger partial charge in [-0.3, -0.25) is 0 Å². The van der Waals surface area contributed by atoms with Crippen LogP contribution in [-0.2, 0) is 4.74 Å². The van der Waals surface area contributed by atoms with Crippen LogP contribution < -0.4 is 4.90 Å². The number of pyridine rings is 1. The number of nitrogens with zero attached hydrogens (tertiary/aromatic N) is 4. The van der Waals surface area contributed by atoms with Gasteiger partial charge in [-0.15, -0.1) is 5.10 Å². The zero-order valence-corrected chi connectivity index (χ0v) is 14.8. The van der Waals surface area contributed by atoms with Crippen LogP contribution in [0.1, 0.15) is 10.5 Å². The summed E-state index contributed by atoms with van der Waals surface area (Å²) in [6, 6.07) is 9.23. The predicted octanol–water partition coefficient (Wildman–Crippen LogP) is 2.72. The Bertz CT molecular complexity index is 950. The second-order valence-corrected chi connectivity index (χ2v) is 6.62. The summed E-state index contributed by atoms with van der Waals surface area (Å²) < 4.78 is 7.70. The van der Waals surface area contributed by atoms with Crippen LogP contribution in [0.5, 0.6) is 0 Å². The normalized spacial score (nSPS) is 14.8. The lowest BCUT2D eigenvalue weighted by Crippen LogP contribution is -2.36. The number of benzene rings is 1. The quantitative estimate of drug-likeness (QED) is 0.725. The van der Waals surface area contributed by atoms with E-state index in [1.165, 1.54) is 4.68 Å². The van der Waals surface area contributed by atoms with Gasteiger partial charge in [0.15, 0.2) is 11.3 Å². The minimum absolute atomic E-state index is 0.106. The van der Waals surface area contributed by atoms with E-state index in [-0.39, 0.29) is 5.69 Å². The molecule has 3 heterocycles. The molecule has 7 nitrogen and oxygen atoms in total. The van der Waals surface area contributed by atoms with E-state index in [0.717, 1.165) is 23.2 Å². The summed E-state index contributed by atoms with van der Waals surface area (Å²) >= 11 is 3.52. The molecule has 1 aliphatic heterocycles. The number of carboxylic acids is 1. The number of carbonyl (C=O) groups is 1. The Balaban J connectivity index is 1.87. The van der Waals surface area contributed by atoms with Crippen molar-refractivity contribution >= 4 is 38.6 Å². The van der Waals surface area contributed by atoms with E-state index in [1.54, 1.807) is 18.3 Å². The molecular formula is C17H15BrN4O3. The molecule has 0 saturated carbocycles. The maximum atomic E-state index is 11.8. The van der Waals surface area contributed by atoms with Crippen molar-refractivity contribution in [2.24, 2.45) is 0 Å². The predicted molar refractivity (Wildman–Crippen MR) is 96.6 cm³/mol. The first-order chi connectivity index (χ1) is 12.1. The highest BCUT2D eigenvalue weighted by molar-refractivity contribution is 9.10. The molecule has 0 atom stereocenters. The fourth-order valence-electron chi connectivity index (χ4n) is 3.00. The minimum atomic E-state index is -1.04. The SMILES string of the molecule is O=C(O)c1c2cccnc2nn1-c1cc(Br)cc(N2CCOCC2)c1. The molecule has 1 aliphatic rings. The van der Waals surface area contributed by atoms with E-state index in [4.69, 9.17) is 4.74 Å². The molecule has 8 heteroatoms. The Hall–Kier alpha value is -2.45. The number of carboxylic acid groups (broad SMARTS) is 1. The molecule has 1 fully saturated rings. The average Bonchev–Trinajstić information content (AvgIpc) is 3.02. The Morgan fingerprint density at radius 3 is 2.72 bits per heavy atom. The molecule has 1 N–H and O–H groups in total. The van der Waals surface area contributed by atoms with Gasteiger partial charge in [0.05, 0.1) is 24.3 Å². The number of fused-ring (bicyclic) bond motifs is 1. The Morgan fingerprint density at radius 2 is 1.96 bits per heavy atom. The summed E-state index contributed by atoms with van der Waals surface area (Å²) in [6.07, 6.45) is 1.60. The molecule has 0 aliphatic carbocycles. The van der Waals surface area contributed by atoms with Crippen LogP contribution in [0.3, 0.4) is 0 Å². The molecule has 128 valence electrons. The summed E-state index contributed by atoms with van der Waals surface area (Å²) in [6.45, 7) is 2.95. The standard InChI is InChI=1S/C17H15BrN4O3/c18-11-8-12(21-4-6-25-7-5-21)10-13(9-11)22-15(17(23)24)14-2-1-3-19-16(14)20-22/h1-3,8-10H,4-7H2,(H,23,24). The molecule has 4 rings (SSSR count). The van der Waals surface area contributed by atoms with Gasteiger partial charge in [0, 0.05) is 29.4 Å². The molecule has 0 unspecified atom stereocenters. The molecule has 25 heavy (non-hydrogen) atoms. The van der Waals surface area contributed by atoms with Crippen LogP contribution in [0.2, 0.25) is 0 Å². The average molecular weight is 403 g/mol. The minimum Gasteiger partial charge on any atom is -0.476 e. The lowest BCUT2D eigenvalue weighted by atomic mass is 10.2. The van der Waals surface area contributed by atoms with Gasteiger partial charge >= 0.3 is 5.97 Å². The van der Waals surface area contributed by atoms with Crippen molar-refractivity contribution < 1.29 is 14.6 Å². The third-order valence-corrected chi connectivity index (χ3v) is 4.60. The van der Waals surface area contributed by atoms with Crippen molar-refractivity contribution in [2.75, 3.05) is 31.2 Å². The van der Waals surface area contributed by atoms with E-state index < -0.39 is 5.97 Å². The van der Waals surface area contributed by atoms with Crippen molar-refractivity contribution in [3.63, 3.8) is 0 Å². The largest absolute Gasteiger partial charge is 0.476 e. The van der Waals surface area contributed by atoms with E-state index in [0.29, 0.717) is 29.9 Å². The van der Waals surface area contributed by atoms with Crippen LogP contribution in [0.25, 0.3) is 16.7 Å². The molecule has 1 saturated heterocycles. The van der Waals surface area contributed by atoms with E-state index in [1.807, 2.05) is 18.2 Å². The number of halogens is 1. The highest BCUT2D eigenvalue weighted by atomic mass is 79.9. The van der Waals surface area contributed by atoms with Crippen LogP contribution in [-0.4, -0.2) is 52.1 Å². The Kier molecular flexibility index (Phi) is 4.14. The highest BCUT2D eigenvalue weighted by Gasteiger charge is 2.21. The van der Waals surface area contributed by atoms with Gasteiger partial charge in [-0.1, -0.05) is 15.9 Å². The molecule has 0 radical (unpaired) electrons. The lowest BCUT2D eigenvalue weighted by Gasteiger charge is -2.29. The van der Waals surface area contributed by atoms with Gasteiger partial charge in [-0.05, 0) is 30.3 Å². The molecule has 1 aromatic carbocycles. The van der Waals surface area contributed by atoms with Crippen molar-refractivity contribution in [1.29, 1.82) is 0 Å². The van der Waals surface area contributed by atoms with E-state index >= 15 is 0 Å². The summed E-state index contributed by atoms with van der Waals surface area (Å²) in [4.78, 5) is 18.2. The first kappa shape index (κ1) is 16.0. The number of rotatable bonds is 3. The summed E-state index contributed by atoms with van der Waals surface area (Å²) in [5.41, 5.74) is 2.18. The number of anilines is 1. The van der Waals surface area contributed by atoms with Crippen molar-refractivity contribution in [3.8, 4) is 5.69 Å². The fourth-order valence-corrected chi connectivity index (χ4v) is 3.47. The van der Waals surface area contributed by atoms with E-state index in [2.05, 4.69) is 30.9 Å². The molecule has 0 spiro atoms. The van der Waals surface area contributed by atoms with Gasteiger partial charge in [-0.2, -0.15) is 0 Å². The number of morpholine rings is 1. The first-order valence-electron chi connectivity index (χ1n) is 7.84. The fraction of sp³-hybridized carbons (Fsp3) is 0.235. The maximum Gasteiger partial charge on any atom is 0.355 e. The maximum absolute atomic E-state index is 11.8. The molecule has 0 bridgehead atoms. The third-order valence-electron chi connectivity index (χ3n) is 4.14. The molecular weight excluding hydrogens is 388 g/mol. The van der Waals surface area contributed by atoms with Gasteiger partial charge < -0.3 is 14.7 Å². The lowest BCUT2D eigenvalue weighted by molar-refractivity contribution is 0.0689. The van der Waals surface area contributed by atoms with E-state index in [9.17, 15) is 9.90 Å². The number of ether oxygens (including phenoxy) is 1. The molecule has 0 amide bonds. The number of aromatic nitrogens is 3. The Morgan fingerprint density at radius 1 is 1.20 bits per heavy atom. The van der Waals surface area contributed by atoms with Crippen LogP contribution in [0.15, 0.2) is 41.0 Å². The molecule has 2 aromatic heterocycles. The number of hydrogen-bond donors (Lipinski definition) is 1. The van der Waals surface area contributed by atoms with Crippen molar-refractivity contribution in [1.82, 2.24) is 14.8 Å². The van der Waals surface area contributed by atoms with Crippen molar-refractivity contribution in [2.45, 2.75) is 0 Å². The third kappa shape index (κ3) is 2.98. The van der Waals surface area contributed by atoms with Crippen LogP contribution in [0.4, 0.5) is 5.69 Å². The van der Waals surface area contributed by atoms with Crippen molar-refractivity contribution in [3.05, 3.63) is 46.7 Å². The Labute approximate surface area is 152 Å².